The van der Waals surface area contributed by atoms with Crippen LogP contribution in [0.3, 0.4) is 0 Å². The Hall–Kier alpha value is -2.20. The zero-order valence-corrected chi connectivity index (χ0v) is 11.1. The summed E-state index contributed by atoms with van der Waals surface area (Å²) in [6.07, 6.45) is 1.77. The molecule has 96 valence electrons. The maximum Gasteiger partial charge on any atom is 0.138 e. The zero-order chi connectivity index (χ0) is 13.4. The quantitative estimate of drug-likeness (QED) is 0.736. The third-order valence-corrected chi connectivity index (χ3v) is 3.40. The topological polar surface area (TPSA) is 67.6 Å². The van der Waals surface area contributed by atoms with Crippen molar-refractivity contribution in [2.45, 2.75) is 20.4 Å². The van der Waals surface area contributed by atoms with Crippen LogP contribution in [-0.2, 0) is 6.54 Å². The third-order valence-electron chi connectivity index (χ3n) is 3.40. The second-order valence-corrected chi connectivity index (χ2v) is 4.78. The van der Waals surface area contributed by atoms with E-state index in [-0.39, 0.29) is 0 Å². The number of rotatable bonds is 2. The largest absolute Gasteiger partial charge is 0.338 e. The molecular weight excluding hydrogens is 236 g/mol. The lowest BCUT2D eigenvalue weighted by Gasteiger charge is -1.99. The Bertz CT molecular complexity index is 704. The van der Waals surface area contributed by atoms with Crippen LogP contribution in [0.2, 0.25) is 0 Å². The van der Waals surface area contributed by atoms with Crippen molar-refractivity contribution in [2.75, 3.05) is 0 Å². The summed E-state index contributed by atoms with van der Waals surface area (Å²) in [6, 6.07) is 8.15. The van der Waals surface area contributed by atoms with Gasteiger partial charge in [-0.2, -0.15) is 0 Å². The molecule has 0 saturated carbocycles. The van der Waals surface area contributed by atoms with Crippen LogP contribution in [0.5, 0.6) is 0 Å². The minimum atomic E-state index is 0.437. The average Bonchev–Trinajstić information content (AvgIpc) is 2.82. The van der Waals surface area contributed by atoms with Gasteiger partial charge in [-0.1, -0.05) is 0 Å². The predicted molar refractivity (Wildman–Crippen MR) is 76.7 cm³/mol. The van der Waals surface area contributed by atoms with Crippen molar-refractivity contribution in [2.24, 2.45) is 5.73 Å². The van der Waals surface area contributed by atoms with Crippen molar-refractivity contribution in [1.82, 2.24) is 15.0 Å². The molecule has 0 unspecified atom stereocenters. The number of nitrogens with two attached hydrogens (primary N) is 1. The monoisotopic (exact) mass is 252 g/mol. The number of aryl methyl sites for hydroxylation is 2. The number of aromatic amines is 1. The molecule has 3 aromatic rings. The van der Waals surface area contributed by atoms with Gasteiger partial charge in [-0.25, -0.2) is 4.98 Å². The highest BCUT2D eigenvalue weighted by Gasteiger charge is 2.07. The van der Waals surface area contributed by atoms with Crippen LogP contribution in [-0.4, -0.2) is 15.0 Å². The van der Waals surface area contributed by atoms with E-state index in [9.17, 15) is 0 Å². The fourth-order valence-corrected chi connectivity index (χ4v) is 2.14. The standard InChI is InChI=1S/C15H16N4/c1-9-5-13-14(6-10(9)2)19-15(18-13)11-3-4-17-12(7-11)8-16/h3-7H,8,16H2,1-2H3,(H,18,19). The first-order chi connectivity index (χ1) is 9.17. The smallest absolute Gasteiger partial charge is 0.138 e. The van der Waals surface area contributed by atoms with Crippen molar-refractivity contribution in [3.63, 3.8) is 0 Å². The molecular formula is C15H16N4. The van der Waals surface area contributed by atoms with Crippen LogP contribution in [0.4, 0.5) is 0 Å². The minimum Gasteiger partial charge on any atom is -0.338 e. The number of hydrogen-bond donors (Lipinski definition) is 2. The lowest BCUT2D eigenvalue weighted by molar-refractivity contribution is 0.990. The molecule has 19 heavy (non-hydrogen) atoms. The summed E-state index contributed by atoms with van der Waals surface area (Å²) in [7, 11) is 0. The molecule has 0 aliphatic heterocycles. The number of fused-ring (bicyclic) bond motifs is 1. The molecule has 0 fully saturated rings. The van der Waals surface area contributed by atoms with Crippen molar-refractivity contribution < 1.29 is 0 Å². The van der Waals surface area contributed by atoms with E-state index in [1.165, 1.54) is 11.1 Å². The van der Waals surface area contributed by atoms with E-state index in [1.54, 1.807) is 6.20 Å². The molecule has 0 amide bonds. The summed E-state index contributed by atoms with van der Waals surface area (Å²) in [5, 5.41) is 0. The molecule has 0 saturated heterocycles. The number of benzene rings is 1. The Morgan fingerprint density at radius 1 is 1.16 bits per heavy atom. The number of nitrogens with zero attached hydrogens (tertiary/aromatic N) is 2. The number of aromatic nitrogens is 3. The molecule has 0 aliphatic rings. The second-order valence-electron chi connectivity index (χ2n) is 4.78. The molecule has 3 rings (SSSR count). The van der Waals surface area contributed by atoms with Gasteiger partial charge in [-0.3, -0.25) is 4.98 Å². The second kappa shape index (κ2) is 4.48. The molecule has 2 aromatic heterocycles. The summed E-state index contributed by atoms with van der Waals surface area (Å²) in [5.74, 6) is 0.858. The number of pyridine rings is 1. The van der Waals surface area contributed by atoms with Crippen LogP contribution < -0.4 is 5.73 Å². The van der Waals surface area contributed by atoms with E-state index in [2.05, 4.69) is 40.9 Å². The van der Waals surface area contributed by atoms with Crippen molar-refractivity contribution in [3.8, 4) is 11.4 Å². The highest BCUT2D eigenvalue weighted by Crippen LogP contribution is 2.23. The predicted octanol–water partition coefficient (Wildman–Crippen LogP) is 2.70. The van der Waals surface area contributed by atoms with Gasteiger partial charge >= 0.3 is 0 Å². The van der Waals surface area contributed by atoms with Crippen LogP contribution in [0, 0.1) is 13.8 Å². The normalized spacial score (nSPS) is 11.1. The van der Waals surface area contributed by atoms with Gasteiger partial charge in [0.15, 0.2) is 0 Å². The van der Waals surface area contributed by atoms with E-state index < -0.39 is 0 Å². The van der Waals surface area contributed by atoms with Crippen molar-refractivity contribution in [1.29, 1.82) is 0 Å². The molecule has 1 aromatic carbocycles. The third kappa shape index (κ3) is 2.11. The Morgan fingerprint density at radius 2 is 1.95 bits per heavy atom. The highest BCUT2D eigenvalue weighted by molar-refractivity contribution is 5.80. The number of H-pyrrole nitrogens is 1. The SMILES string of the molecule is Cc1cc2nc(-c3ccnc(CN)c3)[nH]c2cc1C. The van der Waals surface area contributed by atoms with Gasteiger partial charge in [-0.05, 0) is 49.2 Å². The zero-order valence-electron chi connectivity index (χ0n) is 11.1. The number of nitrogens with one attached hydrogen (secondary N) is 1. The van der Waals surface area contributed by atoms with Crippen LogP contribution in [0.15, 0.2) is 30.5 Å². The fourth-order valence-electron chi connectivity index (χ4n) is 2.14. The summed E-state index contributed by atoms with van der Waals surface area (Å²) in [6.45, 7) is 4.64. The number of imidazole rings is 1. The van der Waals surface area contributed by atoms with Gasteiger partial charge in [0, 0.05) is 18.3 Å². The Morgan fingerprint density at radius 3 is 2.74 bits per heavy atom. The Labute approximate surface area is 111 Å². The average molecular weight is 252 g/mol. The van der Waals surface area contributed by atoms with Gasteiger partial charge in [-0.15, -0.1) is 0 Å². The summed E-state index contributed by atoms with van der Waals surface area (Å²) in [4.78, 5) is 12.2. The van der Waals surface area contributed by atoms with E-state index in [1.807, 2.05) is 12.1 Å². The first-order valence-corrected chi connectivity index (χ1v) is 6.29. The van der Waals surface area contributed by atoms with Gasteiger partial charge in [0.25, 0.3) is 0 Å². The highest BCUT2D eigenvalue weighted by atomic mass is 14.9. The minimum absolute atomic E-state index is 0.437. The molecule has 0 bridgehead atoms. The van der Waals surface area contributed by atoms with Crippen molar-refractivity contribution >= 4 is 11.0 Å². The maximum absolute atomic E-state index is 5.62. The molecule has 2 heterocycles. The first-order valence-electron chi connectivity index (χ1n) is 6.29. The fraction of sp³-hybridized carbons (Fsp3) is 0.200. The molecule has 0 aliphatic carbocycles. The van der Waals surface area contributed by atoms with Crippen LogP contribution in [0.1, 0.15) is 16.8 Å². The summed E-state index contributed by atoms with van der Waals surface area (Å²) < 4.78 is 0. The first kappa shape index (κ1) is 11.9. The molecule has 0 atom stereocenters. The molecule has 3 N–H and O–H groups in total. The van der Waals surface area contributed by atoms with Crippen molar-refractivity contribution in [3.05, 3.63) is 47.3 Å². The molecule has 0 spiro atoms. The molecule has 0 radical (unpaired) electrons. The van der Waals surface area contributed by atoms with Crippen LogP contribution >= 0.6 is 0 Å². The summed E-state index contributed by atoms with van der Waals surface area (Å²) in [5.41, 5.74) is 12.1. The maximum atomic E-state index is 5.62. The van der Waals surface area contributed by atoms with Gasteiger partial charge in [0.05, 0.1) is 16.7 Å². The number of hydrogen-bond acceptors (Lipinski definition) is 3. The van der Waals surface area contributed by atoms with Gasteiger partial charge < -0.3 is 10.7 Å². The van der Waals surface area contributed by atoms with Crippen LogP contribution in [0.25, 0.3) is 22.4 Å². The lowest BCUT2D eigenvalue weighted by atomic mass is 10.1. The van der Waals surface area contributed by atoms with E-state index in [0.29, 0.717) is 6.54 Å². The molecule has 4 nitrogen and oxygen atoms in total. The molecule has 4 heteroatoms. The Kier molecular flexibility index (Phi) is 2.80. The van der Waals surface area contributed by atoms with E-state index >= 15 is 0 Å². The van der Waals surface area contributed by atoms with Gasteiger partial charge in [0.1, 0.15) is 5.82 Å². The van der Waals surface area contributed by atoms with E-state index in [0.717, 1.165) is 28.1 Å². The van der Waals surface area contributed by atoms with Gasteiger partial charge in [0.2, 0.25) is 0 Å². The van der Waals surface area contributed by atoms with E-state index in [4.69, 9.17) is 5.73 Å². The Balaban J connectivity index is 2.14. The summed E-state index contributed by atoms with van der Waals surface area (Å²) >= 11 is 0. The lowest BCUT2D eigenvalue weighted by Crippen LogP contribution is -1.99.